The molecular formula is C20H26O. The molecule has 1 saturated carbocycles. The predicted octanol–water partition coefficient (Wildman–Crippen LogP) is 5.57. The molecule has 1 aromatic carbocycles. The lowest BCUT2D eigenvalue weighted by Gasteiger charge is -2.25. The number of ether oxygens (including phenoxy) is 1. The van der Waals surface area contributed by atoms with Crippen LogP contribution in [0, 0.1) is 0 Å². The molecule has 0 radical (unpaired) electrons. The number of rotatable bonds is 5. The van der Waals surface area contributed by atoms with Crippen molar-refractivity contribution in [1.82, 2.24) is 0 Å². The van der Waals surface area contributed by atoms with Gasteiger partial charge in [0.15, 0.2) is 0 Å². The van der Waals surface area contributed by atoms with Gasteiger partial charge in [-0.05, 0) is 56.6 Å². The smallest absolute Gasteiger partial charge is 0.0982 e. The molecule has 21 heavy (non-hydrogen) atoms. The molecule has 0 saturated heterocycles. The van der Waals surface area contributed by atoms with Gasteiger partial charge in [0.05, 0.1) is 11.9 Å². The molecule has 1 aromatic rings. The summed E-state index contributed by atoms with van der Waals surface area (Å²) in [5.41, 5.74) is 3.00. The molecule has 0 aromatic heterocycles. The van der Waals surface area contributed by atoms with Crippen LogP contribution in [0.1, 0.15) is 56.9 Å². The third kappa shape index (κ3) is 4.49. The van der Waals surface area contributed by atoms with Crippen LogP contribution < -0.4 is 0 Å². The van der Waals surface area contributed by atoms with Crippen molar-refractivity contribution in [2.75, 3.05) is 0 Å². The Bertz CT molecular complexity index is 492. The van der Waals surface area contributed by atoms with Crippen molar-refractivity contribution in [2.45, 2.75) is 63.9 Å². The van der Waals surface area contributed by atoms with Gasteiger partial charge in [-0.15, -0.1) is 0 Å². The number of allylic oxidation sites excluding steroid dienone is 4. The van der Waals surface area contributed by atoms with Crippen molar-refractivity contribution < 1.29 is 4.74 Å². The van der Waals surface area contributed by atoms with Gasteiger partial charge in [-0.3, -0.25) is 0 Å². The van der Waals surface area contributed by atoms with Crippen LogP contribution in [0.25, 0.3) is 0 Å². The fraction of sp³-hybridized carbons (Fsp3) is 0.500. The summed E-state index contributed by atoms with van der Waals surface area (Å²) < 4.78 is 6.16. The van der Waals surface area contributed by atoms with E-state index in [-0.39, 0.29) is 0 Å². The lowest BCUT2D eigenvalue weighted by atomic mass is 9.96. The first-order valence-corrected chi connectivity index (χ1v) is 8.49. The van der Waals surface area contributed by atoms with E-state index < -0.39 is 0 Å². The first-order chi connectivity index (χ1) is 10.4. The van der Waals surface area contributed by atoms with Gasteiger partial charge in [0, 0.05) is 6.42 Å². The molecule has 3 rings (SSSR count). The highest BCUT2D eigenvalue weighted by Gasteiger charge is 2.17. The fourth-order valence-electron chi connectivity index (χ4n) is 3.31. The van der Waals surface area contributed by atoms with Crippen LogP contribution in [0.2, 0.25) is 0 Å². The molecule has 0 heterocycles. The summed E-state index contributed by atoms with van der Waals surface area (Å²) in [6, 6.07) is 10.8. The monoisotopic (exact) mass is 282 g/mol. The van der Waals surface area contributed by atoms with E-state index >= 15 is 0 Å². The quantitative estimate of drug-likeness (QED) is 0.685. The van der Waals surface area contributed by atoms with E-state index in [0.717, 1.165) is 12.8 Å². The number of benzene rings is 1. The van der Waals surface area contributed by atoms with Crippen LogP contribution in [-0.2, 0) is 11.2 Å². The van der Waals surface area contributed by atoms with Crippen LogP contribution in [0.15, 0.2) is 53.8 Å². The van der Waals surface area contributed by atoms with Crippen molar-refractivity contribution in [3.63, 3.8) is 0 Å². The Balaban J connectivity index is 1.48. The Kier molecular flexibility index (Phi) is 5.15. The topological polar surface area (TPSA) is 9.23 Å². The van der Waals surface area contributed by atoms with Crippen LogP contribution >= 0.6 is 0 Å². The van der Waals surface area contributed by atoms with Crippen molar-refractivity contribution in [1.29, 1.82) is 0 Å². The SMILES string of the molecule is C1=C(CCc2ccccc2)CCC(OC2CCCCC2)=C1. The highest BCUT2D eigenvalue weighted by Crippen LogP contribution is 2.28. The van der Waals surface area contributed by atoms with Gasteiger partial charge >= 0.3 is 0 Å². The third-order valence-electron chi connectivity index (χ3n) is 4.65. The van der Waals surface area contributed by atoms with Crippen LogP contribution in [0.3, 0.4) is 0 Å². The van der Waals surface area contributed by atoms with E-state index in [0.29, 0.717) is 6.10 Å². The second kappa shape index (κ2) is 7.49. The molecule has 0 aliphatic heterocycles. The van der Waals surface area contributed by atoms with Gasteiger partial charge in [0.2, 0.25) is 0 Å². The average Bonchev–Trinajstić information content (AvgIpc) is 2.56. The molecule has 0 bridgehead atoms. The zero-order valence-corrected chi connectivity index (χ0v) is 12.9. The maximum Gasteiger partial charge on any atom is 0.0982 e. The summed E-state index contributed by atoms with van der Waals surface area (Å²) in [4.78, 5) is 0. The molecule has 0 N–H and O–H groups in total. The second-order valence-corrected chi connectivity index (χ2v) is 6.32. The van der Waals surface area contributed by atoms with Crippen molar-refractivity contribution in [3.05, 3.63) is 59.4 Å². The second-order valence-electron chi connectivity index (χ2n) is 6.32. The summed E-state index contributed by atoms with van der Waals surface area (Å²) in [6.07, 6.45) is 16.2. The maximum absolute atomic E-state index is 6.16. The van der Waals surface area contributed by atoms with Gasteiger partial charge in [0.25, 0.3) is 0 Å². The van der Waals surface area contributed by atoms with Crippen molar-refractivity contribution >= 4 is 0 Å². The zero-order valence-electron chi connectivity index (χ0n) is 12.9. The first kappa shape index (κ1) is 14.4. The van der Waals surface area contributed by atoms with E-state index in [9.17, 15) is 0 Å². The van der Waals surface area contributed by atoms with Crippen molar-refractivity contribution in [2.24, 2.45) is 0 Å². The lowest BCUT2D eigenvalue weighted by Crippen LogP contribution is -2.16. The molecule has 0 spiro atoms. The molecule has 1 nitrogen and oxygen atoms in total. The third-order valence-corrected chi connectivity index (χ3v) is 4.65. The van der Waals surface area contributed by atoms with Gasteiger partial charge in [0.1, 0.15) is 0 Å². The Labute approximate surface area is 128 Å². The molecule has 0 unspecified atom stereocenters. The van der Waals surface area contributed by atoms with E-state index in [1.54, 1.807) is 5.57 Å². The summed E-state index contributed by atoms with van der Waals surface area (Å²) >= 11 is 0. The molecule has 2 aliphatic carbocycles. The maximum atomic E-state index is 6.16. The Morgan fingerprint density at radius 2 is 1.67 bits per heavy atom. The van der Waals surface area contributed by atoms with Crippen molar-refractivity contribution in [3.8, 4) is 0 Å². The van der Waals surface area contributed by atoms with Crippen LogP contribution in [0.4, 0.5) is 0 Å². The Morgan fingerprint density at radius 3 is 2.38 bits per heavy atom. The van der Waals surface area contributed by atoms with Crippen LogP contribution in [-0.4, -0.2) is 6.10 Å². The minimum absolute atomic E-state index is 0.490. The minimum Gasteiger partial charge on any atom is -0.495 e. The number of hydrogen-bond donors (Lipinski definition) is 0. The van der Waals surface area contributed by atoms with Gasteiger partial charge in [-0.1, -0.05) is 48.4 Å². The molecule has 2 aliphatic rings. The average molecular weight is 282 g/mol. The van der Waals surface area contributed by atoms with Gasteiger partial charge in [-0.25, -0.2) is 0 Å². The largest absolute Gasteiger partial charge is 0.495 e. The first-order valence-electron chi connectivity index (χ1n) is 8.49. The zero-order chi connectivity index (χ0) is 14.3. The van der Waals surface area contributed by atoms with E-state index in [2.05, 4.69) is 42.5 Å². The number of hydrogen-bond acceptors (Lipinski definition) is 1. The predicted molar refractivity (Wildman–Crippen MR) is 88.1 cm³/mol. The molecule has 0 atom stereocenters. The van der Waals surface area contributed by atoms with Gasteiger partial charge in [-0.2, -0.15) is 0 Å². The van der Waals surface area contributed by atoms with Crippen LogP contribution in [0.5, 0.6) is 0 Å². The molecular weight excluding hydrogens is 256 g/mol. The Morgan fingerprint density at radius 1 is 0.857 bits per heavy atom. The lowest BCUT2D eigenvalue weighted by molar-refractivity contribution is 0.0765. The normalized spacial score (nSPS) is 19.8. The summed E-state index contributed by atoms with van der Waals surface area (Å²) in [6.45, 7) is 0. The van der Waals surface area contributed by atoms with E-state index in [1.807, 2.05) is 0 Å². The highest BCUT2D eigenvalue weighted by molar-refractivity contribution is 5.23. The Hall–Kier alpha value is -1.50. The fourth-order valence-corrected chi connectivity index (χ4v) is 3.31. The van der Waals surface area contributed by atoms with Gasteiger partial charge < -0.3 is 4.74 Å². The summed E-state index contributed by atoms with van der Waals surface area (Å²) in [5.74, 6) is 1.21. The minimum atomic E-state index is 0.490. The molecule has 0 amide bonds. The molecule has 112 valence electrons. The molecule has 1 heteroatoms. The molecule has 1 fully saturated rings. The summed E-state index contributed by atoms with van der Waals surface area (Å²) in [5, 5.41) is 0. The number of aryl methyl sites for hydroxylation is 1. The van der Waals surface area contributed by atoms with E-state index in [4.69, 9.17) is 4.74 Å². The standard InChI is InChI=1S/C20H26O/c1-3-7-17(8-4-1)11-12-18-13-15-20(16-14-18)21-19-9-5-2-6-10-19/h1,3-4,7-8,13,15,19H,2,5-6,9-12,14,16H2. The summed E-state index contributed by atoms with van der Waals surface area (Å²) in [7, 11) is 0. The highest BCUT2D eigenvalue weighted by atomic mass is 16.5. The van der Waals surface area contributed by atoms with E-state index in [1.165, 1.54) is 56.3 Å².